The van der Waals surface area contributed by atoms with Crippen LogP contribution in [0, 0.1) is 19.7 Å². The molecule has 0 radical (unpaired) electrons. The molecule has 0 amide bonds. The second-order valence-electron chi connectivity index (χ2n) is 5.20. The van der Waals surface area contributed by atoms with Gasteiger partial charge in [0.05, 0.1) is 7.11 Å². The van der Waals surface area contributed by atoms with Crippen LogP contribution in [0.15, 0.2) is 6.07 Å². The van der Waals surface area contributed by atoms with Gasteiger partial charge in [-0.3, -0.25) is 0 Å². The standard InChI is InChI=1S/C14H20FNO/c1-9-8-10(2)13(17-3)11(12(9)15)4-5-14(16)6-7-14/h8H,4-7,16H2,1-3H3. The molecular formula is C14H20FNO. The lowest BCUT2D eigenvalue weighted by molar-refractivity contribution is 0.398. The maximum absolute atomic E-state index is 14.1. The molecule has 0 bridgehead atoms. The summed E-state index contributed by atoms with van der Waals surface area (Å²) in [5.41, 5.74) is 8.35. The summed E-state index contributed by atoms with van der Waals surface area (Å²) in [6.07, 6.45) is 3.61. The lowest BCUT2D eigenvalue weighted by Crippen LogP contribution is -2.22. The summed E-state index contributed by atoms with van der Waals surface area (Å²) in [4.78, 5) is 0. The van der Waals surface area contributed by atoms with E-state index in [2.05, 4.69) is 0 Å². The van der Waals surface area contributed by atoms with Crippen molar-refractivity contribution >= 4 is 0 Å². The predicted octanol–water partition coefficient (Wildman–Crippen LogP) is 2.88. The number of halogens is 1. The Morgan fingerprint density at radius 3 is 2.53 bits per heavy atom. The zero-order valence-electron chi connectivity index (χ0n) is 10.8. The summed E-state index contributed by atoms with van der Waals surface area (Å²) in [6.45, 7) is 3.74. The third kappa shape index (κ3) is 2.44. The van der Waals surface area contributed by atoms with Gasteiger partial charge in [-0.1, -0.05) is 0 Å². The summed E-state index contributed by atoms with van der Waals surface area (Å²) in [6, 6.07) is 1.83. The van der Waals surface area contributed by atoms with Crippen LogP contribution < -0.4 is 10.5 Å². The van der Waals surface area contributed by atoms with Gasteiger partial charge in [0, 0.05) is 11.1 Å². The van der Waals surface area contributed by atoms with Crippen molar-refractivity contribution < 1.29 is 9.13 Å². The molecule has 1 fully saturated rings. The maximum atomic E-state index is 14.1. The highest BCUT2D eigenvalue weighted by molar-refractivity contribution is 5.45. The molecule has 0 heterocycles. The average Bonchev–Trinajstić information content (AvgIpc) is 3.00. The summed E-state index contributed by atoms with van der Waals surface area (Å²) in [5, 5.41) is 0. The van der Waals surface area contributed by atoms with Crippen LogP contribution in [0.5, 0.6) is 5.75 Å². The van der Waals surface area contributed by atoms with Crippen LogP contribution in [-0.4, -0.2) is 12.6 Å². The first-order valence-corrected chi connectivity index (χ1v) is 6.08. The largest absolute Gasteiger partial charge is 0.496 e. The van der Waals surface area contributed by atoms with Crippen LogP contribution >= 0.6 is 0 Å². The van der Waals surface area contributed by atoms with E-state index in [0.717, 1.165) is 24.8 Å². The van der Waals surface area contributed by atoms with Crippen LogP contribution in [0.4, 0.5) is 4.39 Å². The first kappa shape index (κ1) is 12.4. The highest BCUT2D eigenvalue weighted by atomic mass is 19.1. The third-order valence-electron chi connectivity index (χ3n) is 3.65. The first-order chi connectivity index (χ1) is 7.97. The molecule has 1 aromatic rings. The van der Waals surface area contributed by atoms with Crippen molar-refractivity contribution in [2.24, 2.45) is 5.73 Å². The van der Waals surface area contributed by atoms with Gasteiger partial charge in [-0.15, -0.1) is 0 Å². The van der Waals surface area contributed by atoms with Crippen LogP contribution in [0.25, 0.3) is 0 Å². The molecule has 0 atom stereocenters. The van der Waals surface area contributed by atoms with Gasteiger partial charge in [-0.2, -0.15) is 0 Å². The van der Waals surface area contributed by atoms with Crippen LogP contribution in [0.2, 0.25) is 0 Å². The van der Waals surface area contributed by atoms with E-state index in [1.807, 2.05) is 13.0 Å². The van der Waals surface area contributed by atoms with E-state index in [1.54, 1.807) is 14.0 Å². The molecule has 94 valence electrons. The van der Waals surface area contributed by atoms with Crippen molar-refractivity contribution in [1.29, 1.82) is 0 Å². The molecule has 2 nitrogen and oxygen atoms in total. The fourth-order valence-corrected chi connectivity index (χ4v) is 2.32. The molecule has 1 aromatic carbocycles. The second kappa shape index (κ2) is 4.30. The quantitative estimate of drug-likeness (QED) is 0.874. The molecule has 1 aliphatic rings. The number of nitrogens with two attached hydrogens (primary N) is 1. The number of hydrogen-bond donors (Lipinski definition) is 1. The van der Waals surface area contributed by atoms with Gasteiger partial charge in [0.25, 0.3) is 0 Å². The predicted molar refractivity (Wildman–Crippen MR) is 66.9 cm³/mol. The third-order valence-corrected chi connectivity index (χ3v) is 3.65. The van der Waals surface area contributed by atoms with Crippen molar-refractivity contribution in [1.82, 2.24) is 0 Å². The van der Waals surface area contributed by atoms with Crippen molar-refractivity contribution in [3.05, 3.63) is 28.6 Å². The van der Waals surface area contributed by atoms with Gasteiger partial charge in [-0.05, 0) is 56.7 Å². The number of aryl methyl sites for hydroxylation is 2. The fourth-order valence-electron chi connectivity index (χ4n) is 2.32. The van der Waals surface area contributed by atoms with E-state index in [4.69, 9.17) is 10.5 Å². The second-order valence-corrected chi connectivity index (χ2v) is 5.20. The minimum atomic E-state index is -0.142. The summed E-state index contributed by atoms with van der Waals surface area (Å²) >= 11 is 0. The highest BCUT2D eigenvalue weighted by Crippen LogP contribution is 2.38. The molecule has 2 rings (SSSR count). The maximum Gasteiger partial charge on any atom is 0.133 e. The van der Waals surface area contributed by atoms with Gasteiger partial charge in [0.2, 0.25) is 0 Å². The Morgan fingerprint density at radius 2 is 2.00 bits per heavy atom. The molecule has 1 saturated carbocycles. The Hall–Kier alpha value is -1.09. The normalized spacial score (nSPS) is 17.0. The Balaban J connectivity index is 2.29. The molecule has 17 heavy (non-hydrogen) atoms. The Morgan fingerprint density at radius 1 is 1.35 bits per heavy atom. The summed E-state index contributed by atoms with van der Waals surface area (Å²) in [7, 11) is 1.59. The molecule has 2 N–H and O–H groups in total. The first-order valence-electron chi connectivity index (χ1n) is 6.08. The molecule has 0 aromatic heterocycles. The Bertz CT molecular complexity index is 438. The van der Waals surface area contributed by atoms with E-state index >= 15 is 0 Å². The van der Waals surface area contributed by atoms with Gasteiger partial charge in [-0.25, -0.2) is 4.39 Å². The number of methoxy groups -OCH3 is 1. The number of rotatable bonds is 4. The highest BCUT2D eigenvalue weighted by Gasteiger charge is 2.37. The Kier molecular flexibility index (Phi) is 3.13. The molecule has 1 aliphatic carbocycles. The lowest BCUT2D eigenvalue weighted by Gasteiger charge is -2.16. The van der Waals surface area contributed by atoms with E-state index < -0.39 is 0 Å². The van der Waals surface area contributed by atoms with Crippen LogP contribution in [0.3, 0.4) is 0 Å². The average molecular weight is 237 g/mol. The fraction of sp³-hybridized carbons (Fsp3) is 0.571. The van der Waals surface area contributed by atoms with Crippen LogP contribution in [0.1, 0.15) is 36.0 Å². The van der Waals surface area contributed by atoms with Crippen molar-refractivity contribution in [2.45, 2.75) is 45.1 Å². The summed E-state index contributed by atoms with van der Waals surface area (Å²) in [5.74, 6) is 0.536. The van der Waals surface area contributed by atoms with Gasteiger partial charge < -0.3 is 10.5 Å². The van der Waals surface area contributed by atoms with E-state index in [-0.39, 0.29) is 11.4 Å². The van der Waals surface area contributed by atoms with Crippen molar-refractivity contribution in [3.63, 3.8) is 0 Å². The topological polar surface area (TPSA) is 35.2 Å². The number of benzene rings is 1. The van der Waals surface area contributed by atoms with Crippen LogP contribution in [-0.2, 0) is 6.42 Å². The molecule has 0 unspecified atom stereocenters. The zero-order valence-corrected chi connectivity index (χ0v) is 10.8. The molecule has 0 spiro atoms. The van der Waals surface area contributed by atoms with E-state index in [1.165, 1.54) is 0 Å². The zero-order chi connectivity index (χ0) is 12.6. The molecule has 0 saturated heterocycles. The SMILES string of the molecule is COc1c(C)cc(C)c(F)c1CCC1(N)CC1. The van der Waals surface area contributed by atoms with Gasteiger partial charge in [0.1, 0.15) is 11.6 Å². The van der Waals surface area contributed by atoms with E-state index in [9.17, 15) is 4.39 Å². The minimum Gasteiger partial charge on any atom is -0.496 e. The minimum absolute atomic E-state index is 0.0465. The molecule has 0 aliphatic heterocycles. The lowest BCUT2D eigenvalue weighted by atomic mass is 9.98. The van der Waals surface area contributed by atoms with Crippen molar-refractivity contribution in [2.75, 3.05) is 7.11 Å². The smallest absolute Gasteiger partial charge is 0.133 e. The van der Waals surface area contributed by atoms with Crippen molar-refractivity contribution in [3.8, 4) is 5.75 Å². The van der Waals surface area contributed by atoms with Gasteiger partial charge in [0.15, 0.2) is 0 Å². The van der Waals surface area contributed by atoms with Gasteiger partial charge >= 0.3 is 0 Å². The van der Waals surface area contributed by atoms with E-state index in [0.29, 0.717) is 23.3 Å². The summed E-state index contributed by atoms with van der Waals surface area (Å²) < 4.78 is 19.4. The monoisotopic (exact) mass is 237 g/mol. The number of hydrogen-bond acceptors (Lipinski definition) is 2. The molecule has 3 heteroatoms. The number of ether oxygens (including phenoxy) is 1. The Labute approximate surface area is 102 Å². The molecular weight excluding hydrogens is 217 g/mol.